The fourth-order valence-corrected chi connectivity index (χ4v) is 1.74. The second-order valence-electron chi connectivity index (χ2n) is 4.57. The minimum absolute atomic E-state index is 0. The van der Waals surface area contributed by atoms with E-state index in [9.17, 15) is 13.2 Å². The number of nitrogens with zero attached hydrogens (tertiary/aromatic N) is 1. The number of hydrogen-bond acceptors (Lipinski definition) is 3. The van der Waals surface area contributed by atoms with Crippen molar-refractivity contribution in [1.29, 1.82) is 0 Å². The van der Waals surface area contributed by atoms with E-state index in [0.717, 1.165) is 25.7 Å². The van der Waals surface area contributed by atoms with Gasteiger partial charge < -0.3 is 20.9 Å². The van der Waals surface area contributed by atoms with E-state index in [2.05, 4.69) is 15.0 Å². The summed E-state index contributed by atoms with van der Waals surface area (Å²) in [7, 11) is 0. The lowest BCUT2D eigenvalue weighted by atomic mass is 10.2. The third-order valence-corrected chi connectivity index (χ3v) is 2.72. The molecule has 4 N–H and O–H groups in total. The first kappa shape index (κ1) is 21.8. The van der Waals surface area contributed by atoms with Crippen molar-refractivity contribution in [2.45, 2.75) is 32.0 Å². The molecule has 0 aliphatic heterocycles. The zero-order valence-corrected chi connectivity index (χ0v) is 14.8. The van der Waals surface area contributed by atoms with Crippen LogP contribution in [0.3, 0.4) is 0 Å². The van der Waals surface area contributed by atoms with Gasteiger partial charge in [-0.25, -0.2) is 0 Å². The fourth-order valence-electron chi connectivity index (χ4n) is 1.74. The molecule has 9 heteroatoms. The lowest BCUT2D eigenvalue weighted by Gasteiger charge is -2.14. The van der Waals surface area contributed by atoms with Crippen molar-refractivity contribution in [3.05, 3.63) is 24.3 Å². The molecule has 0 spiro atoms. The van der Waals surface area contributed by atoms with Crippen molar-refractivity contribution in [2.75, 3.05) is 18.5 Å². The van der Waals surface area contributed by atoms with E-state index in [1.54, 1.807) is 6.07 Å². The minimum atomic E-state index is -4.77. The van der Waals surface area contributed by atoms with Crippen LogP contribution in [-0.4, -0.2) is 30.6 Å². The lowest BCUT2D eigenvalue weighted by molar-refractivity contribution is -0.274. The van der Waals surface area contributed by atoms with Gasteiger partial charge in [-0.2, -0.15) is 0 Å². The van der Waals surface area contributed by atoms with E-state index in [-0.39, 0.29) is 48.0 Å². The van der Waals surface area contributed by atoms with E-state index in [1.165, 1.54) is 18.2 Å². The summed E-state index contributed by atoms with van der Waals surface area (Å²) < 4.78 is 40.7. The van der Waals surface area contributed by atoms with Crippen molar-refractivity contribution in [3.63, 3.8) is 0 Å². The Labute approximate surface area is 150 Å². The van der Waals surface area contributed by atoms with Gasteiger partial charge in [-0.05, 0) is 25.0 Å². The van der Waals surface area contributed by atoms with Crippen molar-refractivity contribution in [1.82, 2.24) is 0 Å². The molecule has 0 atom stereocenters. The van der Waals surface area contributed by atoms with Crippen LogP contribution in [0, 0.1) is 0 Å². The number of nitrogens with two attached hydrogens (primary N) is 1. The average molecular weight is 447 g/mol. The number of nitrogens with one attached hydrogen (secondary N) is 1. The van der Waals surface area contributed by atoms with Crippen LogP contribution in [-0.2, 0) is 0 Å². The molecular weight excluding hydrogens is 426 g/mol. The highest BCUT2D eigenvalue weighted by molar-refractivity contribution is 14.0. The van der Waals surface area contributed by atoms with Gasteiger partial charge in [0.25, 0.3) is 0 Å². The maximum atomic E-state index is 12.3. The molecule has 0 aromatic heterocycles. The van der Waals surface area contributed by atoms with Gasteiger partial charge in [0.15, 0.2) is 11.7 Å². The number of rotatable bonds is 8. The van der Waals surface area contributed by atoms with E-state index >= 15 is 0 Å². The van der Waals surface area contributed by atoms with Crippen LogP contribution in [0.1, 0.15) is 25.7 Å². The standard InChI is InChI=1S/C14H20F3N3O2.HI/c15-14(16,17)22-12-8-4-3-7-11(12)20-13(18)19-9-5-1-2-6-10-21;/h3-4,7-8,21H,1-2,5-6,9-10H2,(H3,18,19,20);1H. The van der Waals surface area contributed by atoms with Crippen molar-refractivity contribution >= 4 is 35.6 Å². The molecule has 0 aliphatic rings. The van der Waals surface area contributed by atoms with Gasteiger partial charge in [0.2, 0.25) is 0 Å². The van der Waals surface area contributed by atoms with Gasteiger partial charge in [-0.1, -0.05) is 25.0 Å². The molecule has 0 saturated heterocycles. The van der Waals surface area contributed by atoms with Crippen LogP contribution in [0.4, 0.5) is 18.9 Å². The van der Waals surface area contributed by atoms with Crippen LogP contribution in [0.25, 0.3) is 0 Å². The molecule has 0 unspecified atom stereocenters. The Morgan fingerprint density at radius 2 is 1.83 bits per heavy atom. The normalized spacial score (nSPS) is 11.7. The van der Waals surface area contributed by atoms with Gasteiger partial charge in [-0.15, -0.1) is 37.1 Å². The number of guanidine groups is 1. The summed E-state index contributed by atoms with van der Waals surface area (Å²) >= 11 is 0. The molecule has 0 fully saturated rings. The molecule has 0 amide bonds. The number of aliphatic hydroxyl groups excluding tert-OH is 1. The number of anilines is 1. The quantitative estimate of drug-likeness (QED) is 0.247. The van der Waals surface area contributed by atoms with Crippen LogP contribution < -0.4 is 15.8 Å². The molecule has 0 heterocycles. The molecule has 1 rings (SSSR count). The number of aliphatic hydroxyl groups is 1. The predicted molar refractivity (Wildman–Crippen MR) is 94.2 cm³/mol. The van der Waals surface area contributed by atoms with Crippen molar-refractivity contribution in [2.24, 2.45) is 10.7 Å². The Bertz CT molecular complexity index is 485. The summed E-state index contributed by atoms with van der Waals surface area (Å²) in [4.78, 5) is 4.04. The summed E-state index contributed by atoms with van der Waals surface area (Å²) in [6.45, 7) is 0.634. The number of alkyl halides is 3. The summed E-state index contributed by atoms with van der Waals surface area (Å²) in [5.41, 5.74) is 5.74. The molecule has 0 saturated carbocycles. The van der Waals surface area contributed by atoms with E-state index in [4.69, 9.17) is 10.8 Å². The second kappa shape index (κ2) is 11.3. The van der Waals surface area contributed by atoms with E-state index in [0.29, 0.717) is 6.54 Å². The van der Waals surface area contributed by atoms with Gasteiger partial charge in [0, 0.05) is 13.2 Å². The van der Waals surface area contributed by atoms with Crippen LogP contribution in [0.5, 0.6) is 5.75 Å². The SMILES string of the molecule is I.NC(=NCCCCCCO)Nc1ccccc1OC(F)(F)F. The fraction of sp³-hybridized carbons (Fsp3) is 0.500. The first-order chi connectivity index (χ1) is 10.4. The zero-order chi connectivity index (χ0) is 16.4. The number of ether oxygens (including phenoxy) is 1. The number of halogens is 4. The molecule has 0 bridgehead atoms. The Morgan fingerprint density at radius 3 is 2.48 bits per heavy atom. The number of unbranched alkanes of at least 4 members (excludes halogenated alkanes) is 3. The lowest BCUT2D eigenvalue weighted by Crippen LogP contribution is -2.24. The molecule has 132 valence electrons. The van der Waals surface area contributed by atoms with Crippen LogP contribution >= 0.6 is 24.0 Å². The van der Waals surface area contributed by atoms with Crippen LogP contribution in [0.15, 0.2) is 29.3 Å². The van der Waals surface area contributed by atoms with E-state index < -0.39 is 6.36 Å². The molecule has 5 nitrogen and oxygen atoms in total. The minimum Gasteiger partial charge on any atom is -0.404 e. The average Bonchev–Trinajstić information content (AvgIpc) is 2.43. The Kier molecular flexibility index (Phi) is 10.7. The molecule has 0 radical (unpaired) electrons. The Hall–Kier alpha value is -1.23. The maximum Gasteiger partial charge on any atom is 0.573 e. The topological polar surface area (TPSA) is 79.9 Å². The zero-order valence-electron chi connectivity index (χ0n) is 12.5. The summed E-state index contributed by atoms with van der Waals surface area (Å²) in [5.74, 6) is -0.337. The maximum absolute atomic E-state index is 12.3. The Balaban J connectivity index is 0.00000484. The summed E-state index contributed by atoms with van der Waals surface area (Å²) in [6.07, 6.45) is -1.41. The highest BCUT2D eigenvalue weighted by atomic mass is 127. The smallest absolute Gasteiger partial charge is 0.404 e. The summed E-state index contributed by atoms with van der Waals surface area (Å²) in [6, 6.07) is 5.61. The van der Waals surface area contributed by atoms with Gasteiger partial charge in [0.05, 0.1) is 5.69 Å². The third-order valence-electron chi connectivity index (χ3n) is 2.72. The highest BCUT2D eigenvalue weighted by Gasteiger charge is 2.32. The van der Waals surface area contributed by atoms with Gasteiger partial charge in [0.1, 0.15) is 0 Å². The monoisotopic (exact) mass is 447 g/mol. The molecule has 23 heavy (non-hydrogen) atoms. The second-order valence-corrected chi connectivity index (χ2v) is 4.57. The molecular formula is C14H21F3IN3O2. The number of benzene rings is 1. The molecule has 0 aliphatic carbocycles. The Morgan fingerprint density at radius 1 is 1.17 bits per heavy atom. The number of hydrogen-bond donors (Lipinski definition) is 3. The number of para-hydroxylation sites is 2. The predicted octanol–water partition coefficient (Wildman–Crippen LogP) is 3.48. The molecule has 1 aromatic rings. The van der Waals surface area contributed by atoms with Gasteiger partial charge in [-0.3, -0.25) is 4.99 Å². The third kappa shape index (κ3) is 10.2. The number of aliphatic imine (C=N–C) groups is 1. The molecule has 1 aromatic carbocycles. The largest absolute Gasteiger partial charge is 0.573 e. The van der Waals surface area contributed by atoms with Crippen molar-refractivity contribution in [3.8, 4) is 5.75 Å². The van der Waals surface area contributed by atoms with E-state index in [1.807, 2.05) is 0 Å². The first-order valence-corrected chi connectivity index (χ1v) is 6.95. The van der Waals surface area contributed by atoms with Crippen molar-refractivity contribution < 1.29 is 23.0 Å². The first-order valence-electron chi connectivity index (χ1n) is 6.95. The van der Waals surface area contributed by atoms with Gasteiger partial charge >= 0.3 is 6.36 Å². The summed E-state index contributed by atoms with van der Waals surface area (Å²) in [5, 5.41) is 11.2. The van der Waals surface area contributed by atoms with Crippen LogP contribution in [0.2, 0.25) is 0 Å². The highest BCUT2D eigenvalue weighted by Crippen LogP contribution is 2.29.